The minimum Gasteiger partial charge on any atom is -0.211 e. The van der Waals surface area contributed by atoms with Gasteiger partial charge in [0.2, 0.25) is 0 Å². The van der Waals surface area contributed by atoms with E-state index in [-0.39, 0.29) is 0 Å². The Morgan fingerprint density at radius 1 is 1.18 bits per heavy atom. The molecule has 0 atom stereocenters. The average molecular weight is 239 g/mol. The summed E-state index contributed by atoms with van der Waals surface area (Å²) in [7, 11) is 0.961. The van der Waals surface area contributed by atoms with Crippen molar-refractivity contribution >= 4 is 14.7 Å². The lowest BCUT2D eigenvalue weighted by Crippen LogP contribution is -2.18. The second-order valence-electron chi connectivity index (χ2n) is 4.57. The molecule has 0 saturated carbocycles. The Balaban J connectivity index is 1.80. The third-order valence-electron chi connectivity index (χ3n) is 3.29. The topological polar surface area (TPSA) is 0 Å². The summed E-state index contributed by atoms with van der Waals surface area (Å²) >= 11 is 0. The molecule has 0 N–H and O–H groups in total. The lowest BCUT2D eigenvalue weighted by Gasteiger charge is -2.08. The molecule has 88 valence electrons. The third kappa shape index (κ3) is 3.37. The second kappa shape index (κ2) is 5.92. The van der Waals surface area contributed by atoms with Crippen LogP contribution in [0.1, 0.15) is 23.1 Å². The molecule has 0 amide bonds. The van der Waals surface area contributed by atoms with Crippen LogP contribution >= 0.6 is 0 Å². The highest BCUT2D eigenvalue weighted by atomic mass is 28.2. The number of aryl methyl sites for hydroxylation is 2. The number of benzene rings is 1. The van der Waals surface area contributed by atoms with Crippen molar-refractivity contribution < 1.29 is 0 Å². The maximum absolute atomic E-state index is 2.28. The van der Waals surface area contributed by atoms with E-state index in [9.17, 15) is 0 Å². The Morgan fingerprint density at radius 3 is 2.82 bits per heavy atom. The Hall–Kier alpha value is -1.21. The van der Waals surface area contributed by atoms with Gasteiger partial charge in [0.15, 0.2) is 0 Å². The maximum Gasteiger partial charge on any atom is 0.0811 e. The van der Waals surface area contributed by atoms with E-state index in [0.29, 0.717) is 0 Å². The van der Waals surface area contributed by atoms with Crippen LogP contribution in [0, 0.1) is 13.8 Å². The standard InChI is InChI=1S/C16H19Si/c1-13-7-5-11-16(14(13)2)17-12-6-10-15-8-3-4-9-15/h3-5,7-9,11H,6,10,12H2,1-2H3/q-1. The molecule has 0 bridgehead atoms. The van der Waals surface area contributed by atoms with Crippen LogP contribution in [0.4, 0.5) is 0 Å². The van der Waals surface area contributed by atoms with Crippen LogP contribution < -0.4 is 5.19 Å². The molecule has 0 aliphatic rings. The molecule has 0 fully saturated rings. The molecule has 0 aromatic heterocycles. The van der Waals surface area contributed by atoms with Crippen LogP contribution in [0.3, 0.4) is 0 Å². The van der Waals surface area contributed by atoms with E-state index < -0.39 is 0 Å². The summed E-state index contributed by atoms with van der Waals surface area (Å²) < 4.78 is 0. The van der Waals surface area contributed by atoms with E-state index in [2.05, 4.69) is 56.3 Å². The summed E-state index contributed by atoms with van der Waals surface area (Å²) in [4.78, 5) is 0. The number of hydrogen-bond donors (Lipinski definition) is 0. The summed E-state index contributed by atoms with van der Waals surface area (Å²) in [5.74, 6) is 0. The molecule has 0 saturated heterocycles. The minimum absolute atomic E-state index is 0.961. The van der Waals surface area contributed by atoms with Gasteiger partial charge in [0.25, 0.3) is 0 Å². The fourth-order valence-electron chi connectivity index (χ4n) is 2.04. The van der Waals surface area contributed by atoms with Gasteiger partial charge in [-0.3, -0.25) is 0 Å². The second-order valence-corrected chi connectivity index (χ2v) is 5.96. The first-order chi connectivity index (χ1) is 8.27. The van der Waals surface area contributed by atoms with E-state index in [0.717, 1.165) is 9.52 Å². The lowest BCUT2D eigenvalue weighted by molar-refractivity contribution is 0.920. The predicted octanol–water partition coefficient (Wildman–Crippen LogP) is 3.40. The van der Waals surface area contributed by atoms with Crippen molar-refractivity contribution in [1.82, 2.24) is 0 Å². The van der Waals surface area contributed by atoms with Gasteiger partial charge in [-0.2, -0.15) is 23.8 Å². The van der Waals surface area contributed by atoms with Gasteiger partial charge in [0.1, 0.15) is 0 Å². The van der Waals surface area contributed by atoms with Gasteiger partial charge < -0.3 is 0 Å². The van der Waals surface area contributed by atoms with Crippen LogP contribution in [0.5, 0.6) is 0 Å². The summed E-state index contributed by atoms with van der Waals surface area (Å²) in [5.41, 5.74) is 4.39. The van der Waals surface area contributed by atoms with Crippen molar-refractivity contribution in [3.63, 3.8) is 0 Å². The summed E-state index contributed by atoms with van der Waals surface area (Å²) in [6.07, 6.45) is 2.53. The van der Waals surface area contributed by atoms with Gasteiger partial charge in [-0.25, -0.2) is 6.07 Å². The Labute approximate surface area is 107 Å². The van der Waals surface area contributed by atoms with Gasteiger partial charge in [0, 0.05) is 0 Å². The van der Waals surface area contributed by atoms with E-state index in [1.54, 1.807) is 5.19 Å². The monoisotopic (exact) mass is 239 g/mol. The quantitative estimate of drug-likeness (QED) is 0.426. The molecule has 2 aromatic rings. The summed E-state index contributed by atoms with van der Waals surface area (Å²) in [6.45, 7) is 4.45. The van der Waals surface area contributed by atoms with Crippen LogP contribution in [0.15, 0.2) is 42.5 Å². The molecule has 2 aromatic carbocycles. The van der Waals surface area contributed by atoms with Crippen molar-refractivity contribution in [2.75, 3.05) is 0 Å². The molecule has 0 unspecified atom stereocenters. The van der Waals surface area contributed by atoms with Crippen LogP contribution in [0.2, 0.25) is 6.04 Å². The zero-order valence-corrected chi connectivity index (χ0v) is 11.7. The van der Waals surface area contributed by atoms with E-state index in [4.69, 9.17) is 0 Å². The van der Waals surface area contributed by atoms with Crippen molar-refractivity contribution in [3.05, 3.63) is 59.2 Å². The molecule has 1 heteroatoms. The first-order valence-corrected chi connectivity index (χ1v) is 7.49. The van der Waals surface area contributed by atoms with Crippen molar-refractivity contribution in [1.29, 1.82) is 0 Å². The zero-order valence-electron chi connectivity index (χ0n) is 10.7. The van der Waals surface area contributed by atoms with E-state index in [1.807, 2.05) is 0 Å². The molecule has 0 heterocycles. The van der Waals surface area contributed by atoms with E-state index in [1.165, 1.54) is 35.6 Å². The highest BCUT2D eigenvalue weighted by molar-refractivity contribution is 6.54. The fraction of sp³-hybridized carbons (Fsp3) is 0.312. The Morgan fingerprint density at radius 2 is 2.06 bits per heavy atom. The first-order valence-electron chi connectivity index (χ1n) is 6.28. The highest BCUT2D eigenvalue weighted by Crippen LogP contribution is 2.07. The van der Waals surface area contributed by atoms with Gasteiger partial charge in [-0.1, -0.05) is 42.3 Å². The Bertz CT molecular complexity index is 454. The number of rotatable bonds is 5. The van der Waals surface area contributed by atoms with Crippen LogP contribution in [-0.2, 0) is 6.42 Å². The number of hydrogen-bond acceptors (Lipinski definition) is 0. The van der Waals surface area contributed by atoms with Crippen molar-refractivity contribution in [2.45, 2.75) is 32.7 Å². The molecular formula is C16H19Si-. The van der Waals surface area contributed by atoms with Crippen molar-refractivity contribution in [3.8, 4) is 0 Å². The third-order valence-corrected chi connectivity index (χ3v) is 4.82. The highest BCUT2D eigenvalue weighted by Gasteiger charge is 2.00. The molecule has 2 rings (SSSR count). The zero-order chi connectivity index (χ0) is 12.1. The predicted molar refractivity (Wildman–Crippen MR) is 76.5 cm³/mol. The molecule has 0 aliphatic carbocycles. The molecular weight excluding hydrogens is 220 g/mol. The lowest BCUT2D eigenvalue weighted by atomic mass is 10.1. The van der Waals surface area contributed by atoms with Gasteiger partial charge in [-0.15, -0.1) is 0 Å². The van der Waals surface area contributed by atoms with E-state index >= 15 is 0 Å². The molecule has 0 aliphatic heterocycles. The Kier molecular flexibility index (Phi) is 4.27. The SMILES string of the molecule is Cc1cccc([Si]CCCc2cc[cH-]c2)c1C. The summed E-state index contributed by atoms with van der Waals surface area (Å²) in [5, 5.41) is 1.55. The smallest absolute Gasteiger partial charge is 0.0811 e. The summed E-state index contributed by atoms with van der Waals surface area (Å²) in [6, 6.07) is 16.7. The molecule has 2 radical (unpaired) electrons. The molecule has 0 nitrogen and oxygen atoms in total. The molecule has 17 heavy (non-hydrogen) atoms. The van der Waals surface area contributed by atoms with Gasteiger partial charge >= 0.3 is 0 Å². The molecule has 0 spiro atoms. The average Bonchev–Trinajstić information content (AvgIpc) is 2.83. The maximum atomic E-state index is 2.28. The van der Waals surface area contributed by atoms with Crippen LogP contribution in [0.25, 0.3) is 0 Å². The van der Waals surface area contributed by atoms with Crippen LogP contribution in [-0.4, -0.2) is 9.52 Å². The first kappa shape index (κ1) is 12.2. The largest absolute Gasteiger partial charge is 0.211 e. The minimum atomic E-state index is 0.961. The van der Waals surface area contributed by atoms with Gasteiger partial charge in [0.05, 0.1) is 9.52 Å². The normalized spacial score (nSPS) is 10.7. The van der Waals surface area contributed by atoms with Gasteiger partial charge in [-0.05, 0) is 25.0 Å². The van der Waals surface area contributed by atoms with Crippen molar-refractivity contribution in [2.24, 2.45) is 0 Å². The fourth-order valence-corrected chi connectivity index (χ4v) is 3.34.